The molecule has 0 amide bonds. The summed E-state index contributed by atoms with van der Waals surface area (Å²) in [5, 5.41) is 0.647. The van der Waals surface area contributed by atoms with Gasteiger partial charge in [-0.25, -0.2) is 4.39 Å². The fourth-order valence-corrected chi connectivity index (χ4v) is 2.98. The third-order valence-electron chi connectivity index (χ3n) is 2.80. The third kappa shape index (κ3) is 3.78. The first-order valence-corrected chi connectivity index (χ1v) is 7.58. The van der Waals surface area contributed by atoms with Gasteiger partial charge < -0.3 is 5.73 Å². The second-order valence-corrected chi connectivity index (χ2v) is 6.37. The van der Waals surface area contributed by atoms with Gasteiger partial charge in [0.25, 0.3) is 0 Å². The highest BCUT2D eigenvalue weighted by Gasteiger charge is 2.12. The number of hydrogen-bond acceptors (Lipinski definition) is 1. The van der Waals surface area contributed by atoms with Crippen molar-refractivity contribution < 1.29 is 4.39 Å². The van der Waals surface area contributed by atoms with Crippen LogP contribution in [-0.4, -0.2) is 0 Å². The van der Waals surface area contributed by atoms with Gasteiger partial charge in [0.15, 0.2) is 0 Å². The Morgan fingerprint density at radius 2 is 1.84 bits per heavy atom. The van der Waals surface area contributed by atoms with Crippen LogP contribution in [0, 0.1) is 5.82 Å². The minimum Gasteiger partial charge on any atom is -0.324 e. The molecule has 1 unspecified atom stereocenters. The first-order chi connectivity index (χ1) is 8.97. The van der Waals surface area contributed by atoms with Gasteiger partial charge in [-0.05, 0) is 63.8 Å². The zero-order chi connectivity index (χ0) is 14.0. The topological polar surface area (TPSA) is 26.0 Å². The summed E-state index contributed by atoms with van der Waals surface area (Å²) < 4.78 is 14.5. The largest absolute Gasteiger partial charge is 0.324 e. The van der Waals surface area contributed by atoms with Crippen LogP contribution in [0.15, 0.2) is 45.3 Å². The fraction of sp³-hybridized carbons (Fsp3) is 0.143. The maximum absolute atomic E-state index is 13.2. The summed E-state index contributed by atoms with van der Waals surface area (Å²) in [7, 11) is 0. The molecule has 19 heavy (non-hydrogen) atoms. The highest BCUT2D eigenvalue weighted by Crippen LogP contribution is 2.28. The zero-order valence-electron chi connectivity index (χ0n) is 9.84. The van der Waals surface area contributed by atoms with E-state index in [0.717, 1.165) is 15.6 Å². The maximum Gasteiger partial charge on any atom is 0.137 e. The molecule has 0 fully saturated rings. The molecular weight excluding hydrogens is 396 g/mol. The molecule has 1 nitrogen and oxygen atoms in total. The van der Waals surface area contributed by atoms with Crippen molar-refractivity contribution in [3.05, 3.63) is 67.3 Å². The molecule has 0 aliphatic heterocycles. The molecule has 5 heteroatoms. The predicted octanol–water partition coefficient (Wildman–Crippen LogP) is 5.25. The van der Waals surface area contributed by atoms with Gasteiger partial charge in [0.2, 0.25) is 0 Å². The van der Waals surface area contributed by atoms with Crippen molar-refractivity contribution in [2.75, 3.05) is 0 Å². The summed E-state index contributed by atoms with van der Waals surface area (Å²) >= 11 is 12.6. The van der Waals surface area contributed by atoms with Gasteiger partial charge in [-0.1, -0.05) is 33.6 Å². The SMILES string of the molecule is NC(Cc1ccc(F)c(Br)c1)c1cc(Cl)ccc1Br. The Balaban J connectivity index is 2.22. The highest BCUT2D eigenvalue weighted by atomic mass is 79.9. The van der Waals surface area contributed by atoms with E-state index in [9.17, 15) is 4.39 Å². The quantitative estimate of drug-likeness (QED) is 0.739. The molecule has 0 saturated carbocycles. The van der Waals surface area contributed by atoms with Gasteiger partial charge in [0.1, 0.15) is 5.82 Å². The molecule has 2 aromatic carbocycles. The molecule has 2 N–H and O–H groups in total. The van der Waals surface area contributed by atoms with Crippen molar-refractivity contribution in [3.63, 3.8) is 0 Å². The maximum atomic E-state index is 13.2. The fourth-order valence-electron chi connectivity index (χ4n) is 1.83. The number of rotatable bonds is 3. The Morgan fingerprint density at radius 3 is 2.53 bits per heavy atom. The minimum atomic E-state index is -0.277. The third-order valence-corrected chi connectivity index (χ3v) is 4.36. The average Bonchev–Trinajstić information content (AvgIpc) is 2.36. The predicted molar refractivity (Wildman–Crippen MR) is 83.9 cm³/mol. The number of nitrogens with two attached hydrogens (primary N) is 1. The smallest absolute Gasteiger partial charge is 0.137 e. The molecule has 0 bridgehead atoms. The summed E-state index contributed by atoms with van der Waals surface area (Å²) in [5.74, 6) is -0.277. The standard InChI is InChI=1S/C14H11Br2ClFN/c15-11-3-2-9(17)7-10(11)14(19)6-8-1-4-13(18)12(16)5-8/h1-5,7,14H,6,19H2. The minimum absolute atomic E-state index is 0.203. The summed E-state index contributed by atoms with van der Waals surface area (Å²) in [6.07, 6.45) is 0.609. The average molecular weight is 408 g/mol. The molecule has 0 heterocycles. The van der Waals surface area contributed by atoms with Crippen molar-refractivity contribution in [2.45, 2.75) is 12.5 Å². The molecule has 0 aromatic heterocycles. The van der Waals surface area contributed by atoms with Gasteiger partial charge in [-0.2, -0.15) is 0 Å². The Hall–Kier alpha value is -0.420. The second kappa shape index (κ2) is 6.35. The van der Waals surface area contributed by atoms with Crippen molar-refractivity contribution in [1.82, 2.24) is 0 Å². The van der Waals surface area contributed by atoms with Crippen molar-refractivity contribution in [1.29, 1.82) is 0 Å². The van der Waals surface area contributed by atoms with Crippen LogP contribution in [0.2, 0.25) is 5.02 Å². The Labute approximate surface area is 133 Å². The van der Waals surface area contributed by atoms with Crippen molar-refractivity contribution >= 4 is 43.5 Å². The first-order valence-electron chi connectivity index (χ1n) is 5.62. The highest BCUT2D eigenvalue weighted by molar-refractivity contribution is 9.10. The van der Waals surface area contributed by atoms with Crippen LogP contribution in [0.3, 0.4) is 0 Å². The lowest BCUT2D eigenvalue weighted by atomic mass is 10.00. The van der Waals surface area contributed by atoms with E-state index in [1.165, 1.54) is 6.07 Å². The summed E-state index contributed by atoms with van der Waals surface area (Å²) in [4.78, 5) is 0. The number of benzene rings is 2. The molecule has 0 saturated heterocycles. The van der Waals surface area contributed by atoms with E-state index in [0.29, 0.717) is 15.9 Å². The van der Waals surface area contributed by atoms with Crippen LogP contribution >= 0.6 is 43.5 Å². The Kier molecular flexibility index (Phi) is 5.01. The van der Waals surface area contributed by atoms with Gasteiger partial charge in [-0.3, -0.25) is 0 Å². The summed E-state index contributed by atoms with van der Waals surface area (Å²) in [6.45, 7) is 0. The molecule has 1 atom stereocenters. The van der Waals surface area contributed by atoms with E-state index in [4.69, 9.17) is 17.3 Å². The Morgan fingerprint density at radius 1 is 1.11 bits per heavy atom. The Bertz CT molecular complexity index is 604. The number of halogens is 4. The van der Waals surface area contributed by atoms with Crippen LogP contribution in [0.4, 0.5) is 4.39 Å². The molecular formula is C14H11Br2ClFN. The molecule has 100 valence electrons. The van der Waals surface area contributed by atoms with Crippen LogP contribution in [0.1, 0.15) is 17.2 Å². The van der Waals surface area contributed by atoms with Crippen molar-refractivity contribution in [2.24, 2.45) is 5.73 Å². The van der Waals surface area contributed by atoms with Gasteiger partial charge >= 0.3 is 0 Å². The normalized spacial score (nSPS) is 12.5. The van der Waals surface area contributed by atoms with E-state index in [1.54, 1.807) is 18.2 Å². The molecule has 0 radical (unpaired) electrons. The van der Waals surface area contributed by atoms with Crippen LogP contribution < -0.4 is 5.73 Å². The number of hydrogen-bond donors (Lipinski definition) is 1. The van der Waals surface area contributed by atoms with E-state index >= 15 is 0 Å². The lowest BCUT2D eigenvalue weighted by Crippen LogP contribution is -2.14. The van der Waals surface area contributed by atoms with Gasteiger partial charge in [0, 0.05) is 15.5 Å². The monoisotopic (exact) mass is 405 g/mol. The first kappa shape index (κ1) is 15.0. The molecule has 2 aromatic rings. The molecule has 0 aliphatic rings. The van der Waals surface area contributed by atoms with E-state index in [1.807, 2.05) is 12.1 Å². The lowest BCUT2D eigenvalue weighted by Gasteiger charge is -2.14. The van der Waals surface area contributed by atoms with E-state index < -0.39 is 0 Å². The molecule has 0 aliphatic carbocycles. The van der Waals surface area contributed by atoms with Crippen molar-refractivity contribution in [3.8, 4) is 0 Å². The lowest BCUT2D eigenvalue weighted by molar-refractivity contribution is 0.618. The molecule has 0 spiro atoms. The second-order valence-electron chi connectivity index (χ2n) is 4.22. The van der Waals surface area contributed by atoms with Crippen LogP contribution in [0.25, 0.3) is 0 Å². The zero-order valence-corrected chi connectivity index (χ0v) is 13.8. The molecule has 2 rings (SSSR count). The summed E-state index contributed by atoms with van der Waals surface area (Å²) in [6, 6.07) is 10.2. The van der Waals surface area contributed by atoms with Gasteiger partial charge in [0.05, 0.1) is 4.47 Å². The van der Waals surface area contributed by atoms with E-state index in [2.05, 4.69) is 31.9 Å². The van der Waals surface area contributed by atoms with Crippen LogP contribution in [-0.2, 0) is 6.42 Å². The van der Waals surface area contributed by atoms with E-state index in [-0.39, 0.29) is 11.9 Å². The summed E-state index contributed by atoms with van der Waals surface area (Å²) in [5.41, 5.74) is 8.09. The van der Waals surface area contributed by atoms with Crippen LogP contribution in [0.5, 0.6) is 0 Å². The van der Waals surface area contributed by atoms with Gasteiger partial charge in [-0.15, -0.1) is 0 Å².